The minimum Gasteiger partial charge on any atom is -0.312 e. The molecule has 3 nitrogen and oxygen atoms in total. The molecule has 1 unspecified atom stereocenters. The minimum absolute atomic E-state index is 0.263. The lowest BCUT2D eigenvalue weighted by atomic mass is 10.2. The summed E-state index contributed by atoms with van der Waals surface area (Å²) >= 11 is 3.35. The highest BCUT2D eigenvalue weighted by Gasteiger charge is 2.31. The first-order chi connectivity index (χ1) is 7.03. The summed E-state index contributed by atoms with van der Waals surface area (Å²) in [6.45, 7) is 1.83. The van der Waals surface area contributed by atoms with Crippen molar-refractivity contribution in [3.05, 3.63) is 34.3 Å². The van der Waals surface area contributed by atoms with Gasteiger partial charge in [-0.3, -0.25) is 4.57 Å². The van der Waals surface area contributed by atoms with Crippen molar-refractivity contribution in [1.29, 1.82) is 0 Å². The molecule has 0 fully saturated rings. The molecule has 0 saturated heterocycles. The van der Waals surface area contributed by atoms with Crippen LogP contribution in [0.5, 0.6) is 0 Å². The van der Waals surface area contributed by atoms with Gasteiger partial charge in [-0.15, -0.1) is 0 Å². The quantitative estimate of drug-likeness (QED) is 0.787. The van der Waals surface area contributed by atoms with Crippen molar-refractivity contribution in [3.8, 4) is 0 Å². The van der Waals surface area contributed by atoms with E-state index in [1.807, 2.05) is 31.2 Å². The number of halogens is 1. The maximum atomic E-state index is 12.1. The normalized spacial score (nSPS) is 13.9. The number of hydrogen-bond donors (Lipinski definition) is 0. The van der Waals surface area contributed by atoms with E-state index in [1.165, 1.54) is 14.2 Å². The van der Waals surface area contributed by atoms with Crippen molar-refractivity contribution in [2.24, 2.45) is 0 Å². The van der Waals surface area contributed by atoms with Gasteiger partial charge in [0.05, 0.1) is 5.66 Å². The number of hydrogen-bond acceptors (Lipinski definition) is 3. The van der Waals surface area contributed by atoms with Gasteiger partial charge in [-0.1, -0.05) is 28.1 Å². The molecule has 0 aliphatic carbocycles. The Bertz CT molecular complexity index is 355. The van der Waals surface area contributed by atoms with E-state index < -0.39 is 7.60 Å². The number of benzene rings is 1. The Morgan fingerprint density at radius 3 is 2.07 bits per heavy atom. The van der Waals surface area contributed by atoms with Crippen LogP contribution in [0.2, 0.25) is 0 Å². The molecule has 1 aromatic carbocycles. The van der Waals surface area contributed by atoms with Crippen LogP contribution in [0.25, 0.3) is 0 Å². The fourth-order valence-electron chi connectivity index (χ4n) is 1.31. The van der Waals surface area contributed by atoms with Gasteiger partial charge in [0, 0.05) is 18.7 Å². The third kappa shape index (κ3) is 2.91. The van der Waals surface area contributed by atoms with Gasteiger partial charge in [0.1, 0.15) is 0 Å². The first-order valence-corrected chi connectivity index (χ1v) is 6.90. The van der Waals surface area contributed by atoms with Crippen LogP contribution < -0.4 is 0 Å². The Balaban J connectivity index is 2.98. The van der Waals surface area contributed by atoms with E-state index in [9.17, 15) is 4.57 Å². The highest BCUT2D eigenvalue weighted by atomic mass is 79.9. The first-order valence-electron chi connectivity index (χ1n) is 4.50. The molecule has 0 radical (unpaired) electrons. The van der Waals surface area contributed by atoms with Crippen molar-refractivity contribution in [3.63, 3.8) is 0 Å². The van der Waals surface area contributed by atoms with Crippen LogP contribution >= 0.6 is 23.5 Å². The lowest BCUT2D eigenvalue weighted by molar-refractivity contribution is 0.267. The zero-order valence-electron chi connectivity index (χ0n) is 8.94. The standard InChI is InChI=1S/C10H14BrO3P/c1-8(15(12,13-2)14-3)9-4-6-10(11)7-5-9/h4-8H,1-3H3. The molecule has 0 saturated carbocycles. The topological polar surface area (TPSA) is 35.5 Å². The Kier molecular flexibility index (Phi) is 4.53. The summed E-state index contributed by atoms with van der Waals surface area (Å²) in [4.78, 5) is 0. The van der Waals surface area contributed by atoms with Crippen molar-refractivity contribution >= 4 is 23.5 Å². The molecule has 1 aromatic rings. The summed E-state index contributed by atoms with van der Waals surface area (Å²) in [5.41, 5.74) is 0.672. The molecular weight excluding hydrogens is 279 g/mol. The summed E-state index contributed by atoms with van der Waals surface area (Å²) in [6, 6.07) is 7.61. The molecule has 84 valence electrons. The van der Waals surface area contributed by atoms with Crippen LogP contribution in [0.3, 0.4) is 0 Å². The molecule has 1 rings (SSSR count). The second-order valence-electron chi connectivity index (χ2n) is 3.13. The summed E-state index contributed by atoms with van der Waals surface area (Å²) < 4.78 is 23.0. The van der Waals surface area contributed by atoms with E-state index in [1.54, 1.807) is 0 Å². The van der Waals surface area contributed by atoms with Gasteiger partial charge in [-0.25, -0.2) is 0 Å². The molecule has 0 aromatic heterocycles. The molecule has 0 bridgehead atoms. The van der Waals surface area contributed by atoms with Crippen LogP contribution in [0, 0.1) is 0 Å². The summed E-state index contributed by atoms with van der Waals surface area (Å²) in [5.74, 6) is 0. The first kappa shape index (κ1) is 12.9. The molecule has 0 amide bonds. The predicted octanol–water partition coefficient (Wildman–Crippen LogP) is 4.00. The fraction of sp³-hybridized carbons (Fsp3) is 0.400. The molecule has 0 aliphatic heterocycles. The van der Waals surface area contributed by atoms with Gasteiger partial charge in [0.15, 0.2) is 0 Å². The highest BCUT2D eigenvalue weighted by molar-refractivity contribution is 9.10. The van der Waals surface area contributed by atoms with Gasteiger partial charge in [-0.2, -0.15) is 0 Å². The van der Waals surface area contributed by atoms with Gasteiger partial charge in [-0.05, 0) is 24.6 Å². The van der Waals surface area contributed by atoms with E-state index in [2.05, 4.69) is 15.9 Å². The average Bonchev–Trinajstić information content (AvgIpc) is 2.28. The SMILES string of the molecule is COP(=O)(OC)C(C)c1ccc(Br)cc1. The van der Waals surface area contributed by atoms with Crippen molar-refractivity contribution in [1.82, 2.24) is 0 Å². The van der Waals surface area contributed by atoms with Crippen LogP contribution in [0.4, 0.5) is 0 Å². The van der Waals surface area contributed by atoms with Gasteiger partial charge in [0.25, 0.3) is 0 Å². The fourth-order valence-corrected chi connectivity index (χ4v) is 2.90. The van der Waals surface area contributed by atoms with Gasteiger partial charge >= 0.3 is 7.60 Å². The Morgan fingerprint density at radius 1 is 1.20 bits per heavy atom. The second-order valence-corrected chi connectivity index (χ2v) is 6.63. The molecule has 5 heteroatoms. The summed E-state index contributed by atoms with van der Waals surface area (Å²) in [6.07, 6.45) is 0. The van der Waals surface area contributed by atoms with E-state index in [-0.39, 0.29) is 5.66 Å². The Hall–Kier alpha value is -0.150. The third-order valence-corrected chi connectivity index (χ3v) is 5.13. The van der Waals surface area contributed by atoms with Crippen LogP contribution in [0.1, 0.15) is 18.1 Å². The predicted molar refractivity (Wildman–Crippen MR) is 64.2 cm³/mol. The second kappa shape index (κ2) is 5.26. The smallest absolute Gasteiger partial charge is 0.312 e. The lowest BCUT2D eigenvalue weighted by Gasteiger charge is -2.21. The average molecular weight is 293 g/mol. The molecule has 15 heavy (non-hydrogen) atoms. The zero-order chi connectivity index (χ0) is 11.5. The highest BCUT2D eigenvalue weighted by Crippen LogP contribution is 2.59. The van der Waals surface area contributed by atoms with Gasteiger partial charge < -0.3 is 9.05 Å². The molecule has 0 aliphatic rings. The molecule has 0 spiro atoms. The zero-order valence-corrected chi connectivity index (χ0v) is 11.4. The monoisotopic (exact) mass is 292 g/mol. The molecule has 1 atom stereocenters. The maximum absolute atomic E-state index is 12.1. The minimum atomic E-state index is -3.02. The molecule has 0 heterocycles. The summed E-state index contributed by atoms with van der Waals surface area (Å²) in [7, 11) is -0.220. The van der Waals surface area contributed by atoms with Crippen LogP contribution in [0.15, 0.2) is 28.7 Å². The van der Waals surface area contributed by atoms with E-state index in [0.29, 0.717) is 0 Å². The molecule has 0 N–H and O–H groups in total. The van der Waals surface area contributed by atoms with Crippen LogP contribution in [-0.2, 0) is 13.6 Å². The lowest BCUT2D eigenvalue weighted by Crippen LogP contribution is -1.99. The number of rotatable bonds is 4. The van der Waals surface area contributed by atoms with Crippen LogP contribution in [-0.4, -0.2) is 14.2 Å². The van der Waals surface area contributed by atoms with Crippen molar-refractivity contribution < 1.29 is 13.6 Å². The Morgan fingerprint density at radius 2 is 1.67 bits per heavy atom. The maximum Gasteiger partial charge on any atom is 0.337 e. The van der Waals surface area contributed by atoms with Crippen molar-refractivity contribution in [2.45, 2.75) is 12.6 Å². The third-order valence-electron chi connectivity index (χ3n) is 2.34. The van der Waals surface area contributed by atoms with E-state index >= 15 is 0 Å². The Labute approximate surface area is 98.4 Å². The summed E-state index contributed by atoms with van der Waals surface area (Å²) in [5, 5.41) is 0. The largest absolute Gasteiger partial charge is 0.337 e. The van der Waals surface area contributed by atoms with E-state index in [0.717, 1.165) is 10.0 Å². The molecular formula is C10H14BrO3P. The van der Waals surface area contributed by atoms with Crippen molar-refractivity contribution in [2.75, 3.05) is 14.2 Å². The van der Waals surface area contributed by atoms with E-state index in [4.69, 9.17) is 9.05 Å². The van der Waals surface area contributed by atoms with Gasteiger partial charge in [0.2, 0.25) is 0 Å².